The van der Waals surface area contributed by atoms with Gasteiger partial charge >= 0.3 is 5.97 Å². The van der Waals surface area contributed by atoms with Gasteiger partial charge in [0.05, 0.1) is 16.7 Å². The summed E-state index contributed by atoms with van der Waals surface area (Å²) in [6.45, 7) is 0.0766. The van der Waals surface area contributed by atoms with Gasteiger partial charge in [-0.05, 0) is 54.1 Å². The number of nitrogens with one attached hydrogen (secondary N) is 1. The Morgan fingerprint density at radius 2 is 1.73 bits per heavy atom. The molecule has 0 spiro atoms. The summed E-state index contributed by atoms with van der Waals surface area (Å²) in [6.07, 6.45) is 0.607. The number of nitro groups is 1. The van der Waals surface area contributed by atoms with Gasteiger partial charge in [-0.25, -0.2) is 10.2 Å². The van der Waals surface area contributed by atoms with Crippen LogP contribution in [0.15, 0.2) is 77.9 Å². The van der Waals surface area contributed by atoms with Gasteiger partial charge < -0.3 is 14.2 Å². The largest absolute Gasteiger partial charge is 0.485 e. The molecule has 3 aromatic carbocycles. The first kappa shape index (κ1) is 21.5. The zero-order valence-electron chi connectivity index (χ0n) is 17.0. The first-order valence-corrected chi connectivity index (χ1v) is 9.78. The van der Waals surface area contributed by atoms with Gasteiger partial charge in [0.15, 0.2) is 11.5 Å². The summed E-state index contributed by atoms with van der Waals surface area (Å²) < 4.78 is 16.4. The number of nitrogens with zero attached hydrogens (tertiary/aromatic N) is 2. The second-order valence-electron chi connectivity index (χ2n) is 6.86. The summed E-state index contributed by atoms with van der Waals surface area (Å²) >= 11 is 0. The molecule has 1 atom stereocenters. The van der Waals surface area contributed by atoms with Crippen LogP contribution in [0.4, 0.5) is 5.69 Å². The van der Waals surface area contributed by atoms with Gasteiger partial charge in [0.25, 0.3) is 11.6 Å². The van der Waals surface area contributed by atoms with Gasteiger partial charge in [-0.15, -0.1) is 0 Å². The minimum Gasteiger partial charge on any atom is -0.485 e. The molecule has 1 amide bonds. The molecule has 1 N–H and O–H groups in total. The summed E-state index contributed by atoms with van der Waals surface area (Å²) in [5.74, 6) is 0.265. The van der Waals surface area contributed by atoms with E-state index in [2.05, 4.69) is 10.5 Å². The predicted octanol–water partition coefficient (Wildman–Crippen LogP) is 3.10. The zero-order chi connectivity index (χ0) is 23.2. The van der Waals surface area contributed by atoms with E-state index in [1.807, 2.05) is 6.07 Å². The van der Waals surface area contributed by atoms with Crippen molar-refractivity contribution in [1.82, 2.24) is 5.43 Å². The van der Waals surface area contributed by atoms with E-state index in [9.17, 15) is 19.7 Å². The molecule has 0 aromatic heterocycles. The van der Waals surface area contributed by atoms with Crippen LogP contribution in [0.1, 0.15) is 15.9 Å². The number of esters is 1. The molecule has 4 rings (SSSR count). The number of carbonyl (C=O) groups is 2. The zero-order valence-corrected chi connectivity index (χ0v) is 17.0. The van der Waals surface area contributed by atoms with E-state index in [1.165, 1.54) is 30.5 Å². The SMILES string of the molecule is O=C(Oc1ccc(/C=N\NC(=O)[C@@H]2COc3ccccc3O2)cc1)c1ccc([N+](=O)[O-])cc1. The van der Waals surface area contributed by atoms with Crippen LogP contribution >= 0.6 is 0 Å². The standard InChI is InChI=1S/C23H17N3O7/c27-22(21-14-31-19-3-1-2-4-20(19)33-21)25-24-13-15-5-11-18(12-6-15)32-23(28)16-7-9-17(10-8-16)26(29)30/h1-13,21H,14H2,(H,25,27)/b24-13-/t21-/m0/s1. The summed E-state index contributed by atoms with van der Waals surface area (Å²) in [5.41, 5.74) is 3.12. The second kappa shape index (κ2) is 9.60. The van der Waals surface area contributed by atoms with Gasteiger partial charge in [-0.2, -0.15) is 5.10 Å². The fraction of sp³-hybridized carbons (Fsp3) is 0.0870. The Balaban J connectivity index is 1.29. The number of fused-ring (bicyclic) bond motifs is 1. The molecule has 0 radical (unpaired) electrons. The summed E-state index contributed by atoms with van der Waals surface area (Å²) in [4.78, 5) is 34.5. The second-order valence-corrected chi connectivity index (χ2v) is 6.86. The number of carbonyl (C=O) groups excluding carboxylic acids is 2. The Bertz CT molecular complexity index is 1210. The minimum absolute atomic E-state index is 0.0766. The van der Waals surface area contributed by atoms with Crippen molar-refractivity contribution in [2.45, 2.75) is 6.10 Å². The highest BCUT2D eigenvalue weighted by molar-refractivity contribution is 5.91. The van der Waals surface area contributed by atoms with Crippen molar-refractivity contribution in [3.63, 3.8) is 0 Å². The number of ether oxygens (including phenoxy) is 3. The Morgan fingerprint density at radius 3 is 2.42 bits per heavy atom. The molecule has 0 bridgehead atoms. The van der Waals surface area contributed by atoms with Crippen LogP contribution in [0.3, 0.4) is 0 Å². The molecule has 33 heavy (non-hydrogen) atoms. The molecule has 3 aromatic rings. The highest BCUT2D eigenvalue weighted by Gasteiger charge is 2.27. The highest BCUT2D eigenvalue weighted by atomic mass is 16.6. The van der Waals surface area contributed by atoms with Crippen LogP contribution in [0.25, 0.3) is 0 Å². The number of hydrogen-bond donors (Lipinski definition) is 1. The third kappa shape index (κ3) is 5.31. The van der Waals surface area contributed by atoms with Crippen molar-refractivity contribution in [3.05, 3.63) is 94.0 Å². The van der Waals surface area contributed by atoms with E-state index >= 15 is 0 Å². The molecule has 10 nitrogen and oxygen atoms in total. The van der Waals surface area contributed by atoms with E-state index in [4.69, 9.17) is 14.2 Å². The molecule has 166 valence electrons. The maximum absolute atomic E-state index is 12.2. The lowest BCUT2D eigenvalue weighted by molar-refractivity contribution is -0.384. The van der Waals surface area contributed by atoms with Crippen LogP contribution in [-0.2, 0) is 4.79 Å². The molecular weight excluding hydrogens is 430 g/mol. The van der Waals surface area contributed by atoms with Gasteiger partial charge in [0, 0.05) is 12.1 Å². The third-order valence-corrected chi connectivity index (χ3v) is 4.59. The molecule has 0 aliphatic carbocycles. The average Bonchev–Trinajstić information content (AvgIpc) is 2.84. The number of benzene rings is 3. The molecule has 0 fully saturated rings. The Hall–Kier alpha value is -4.73. The summed E-state index contributed by atoms with van der Waals surface area (Å²) in [6, 6.07) is 18.6. The summed E-state index contributed by atoms with van der Waals surface area (Å²) in [7, 11) is 0. The first-order valence-electron chi connectivity index (χ1n) is 9.78. The molecule has 0 unspecified atom stereocenters. The average molecular weight is 447 g/mol. The van der Waals surface area contributed by atoms with E-state index in [0.717, 1.165) is 0 Å². The van der Waals surface area contributed by atoms with Crippen LogP contribution in [0, 0.1) is 10.1 Å². The topological polar surface area (TPSA) is 129 Å². The van der Waals surface area contributed by atoms with E-state index in [0.29, 0.717) is 17.1 Å². The smallest absolute Gasteiger partial charge is 0.343 e. The van der Waals surface area contributed by atoms with Crippen molar-refractivity contribution in [2.24, 2.45) is 5.10 Å². The quantitative estimate of drug-likeness (QED) is 0.202. The lowest BCUT2D eigenvalue weighted by Gasteiger charge is -2.24. The molecule has 0 saturated heterocycles. The fourth-order valence-electron chi connectivity index (χ4n) is 2.90. The number of hydrazone groups is 1. The van der Waals surface area contributed by atoms with Crippen molar-refractivity contribution in [3.8, 4) is 17.2 Å². The lowest BCUT2D eigenvalue weighted by Crippen LogP contribution is -2.42. The minimum atomic E-state index is -0.821. The van der Waals surface area contributed by atoms with E-state index in [1.54, 1.807) is 42.5 Å². The van der Waals surface area contributed by atoms with Gasteiger partial charge in [0.2, 0.25) is 6.10 Å². The van der Waals surface area contributed by atoms with Gasteiger partial charge in [0.1, 0.15) is 12.4 Å². The van der Waals surface area contributed by atoms with E-state index < -0.39 is 22.9 Å². The predicted molar refractivity (Wildman–Crippen MR) is 117 cm³/mol. The molecule has 1 aliphatic heterocycles. The number of hydrogen-bond acceptors (Lipinski definition) is 8. The van der Waals surface area contributed by atoms with Crippen LogP contribution in [0.2, 0.25) is 0 Å². The Labute approximate surface area is 187 Å². The number of rotatable bonds is 6. The maximum Gasteiger partial charge on any atom is 0.343 e. The highest BCUT2D eigenvalue weighted by Crippen LogP contribution is 2.30. The molecule has 10 heteroatoms. The van der Waals surface area contributed by atoms with Crippen LogP contribution in [0.5, 0.6) is 17.2 Å². The Kier molecular flexibility index (Phi) is 6.26. The number of para-hydroxylation sites is 2. The monoisotopic (exact) mass is 447 g/mol. The third-order valence-electron chi connectivity index (χ3n) is 4.59. The summed E-state index contributed by atoms with van der Waals surface area (Å²) in [5, 5.41) is 14.6. The number of amides is 1. The van der Waals surface area contributed by atoms with Gasteiger partial charge in [-0.1, -0.05) is 12.1 Å². The number of nitro benzene ring substituents is 1. The first-order chi connectivity index (χ1) is 16.0. The van der Waals surface area contributed by atoms with Crippen molar-refractivity contribution in [1.29, 1.82) is 0 Å². The van der Waals surface area contributed by atoms with Crippen LogP contribution in [-0.4, -0.2) is 35.7 Å². The van der Waals surface area contributed by atoms with Crippen molar-refractivity contribution in [2.75, 3.05) is 6.61 Å². The molecular formula is C23H17N3O7. The molecule has 0 saturated carbocycles. The maximum atomic E-state index is 12.2. The van der Waals surface area contributed by atoms with Crippen molar-refractivity contribution >= 4 is 23.8 Å². The number of non-ortho nitro benzene ring substituents is 1. The Morgan fingerprint density at radius 1 is 1.03 bits per heavy atom. The van der Waals surface area contributed by atoms with Gasteiger partial charge in [-0.3, -0.25) is 14.9 Å². The van der Waals surface area contributed by atoms with Crippen LogP contribution < -0.4 is 19.6 Å². The molecule has 1 heterocycles. The van der Waals surface area contributed by atoms with Crippen molar-refractivity contribution < 1.29 is 28.7 Å². The normalized spacial score (nSPS) is 14.5. The van der Waals surface area contributed by atoms with E-state index in [-0.39, 0.29) is 23.6 Å². The fourth-order valence-corrected chi connectivity index (χ4v) is 2.90. The lowest BCUT2D eigenvalue weighted by atomic mass is 10.2. The molecule has 1 aliphatic rings.